The van der Waals surface area contributed by atoms with Crippen LogP contribution in [0.1, 0.15) is 23.2 Å². The summed E-state index contributed by atoms with van der Waals surface area (Å²) in [6, 6.07) is 3.72. The van der Waals surface area contributed by atoms with Crippen molar-refractivity contribution < 1.29 is 14.5 Å². The molecule has 1 aliphatic heterocycles. The number of nitro groups is 1. The number of hydrogen-bond donors (Lipinski definition) is 1. The van der Waals surface area contributed by atoms with Gasteiger partial charge in [0.05, 0.1) is 40.0 Å². The molecule has 0 bridgehead atoms. The van der Waals surface area contributed by atoms with E-state index < -0.39 is 10.8 Å². The Kier molecular flexibility index (Phi) is 4.77. The van der Waals surface area contributed by atoms with Crippen molar-refractivity contribution in [1.82, 2.24) is 9.78 Å². The molecular formula is C15H15ClN4O4. The number of amides is 1. The quantitative estimate of drug-likeness (QED) is 0.660. The number of aromatic nitrogens is 2. The van der Waals surface area contributed by atoms with Crippen molar-refractivity contribution in [2.24, 2.45) is 0 Å². The van der Waals surface area contributed by atoms with Crippen LogP contribution in [0.4, 0.5) is 11.4 Å². The van der Waals surface area contributed by atoms with Crippen LogP contribution in [0.3, 0.4) is 0 Å². The van der Waals surface area contributed by atoms with Crippen LogP contribution in [-0.4, -0.2) is 33.3 Å². The molecule has 1 aliphatic rings. The Morgan fingerprint density at radius 3 is 3.08 bits per heavy atom. The predicted octanol–water partition coefficient (Wildman–Crippen LogP) is 2.88. The summed E-state index contributed by atoms with van der Waals surface area (Å²) in [5.41, 5.74) is 0.330. The van der Waals surface area contributed by atoms with Gasteiger partial charge in [-0.3, -0.25) is 19.6 Å². The molecule has 2 aromatic rings. The number of halogens is 1. The number of benzene rings is 1. The topological polar surface area (TPSA) is 99.3 Å². The van der Waals surface area contributed by atoms with Crippen LogP contribution in [0.15, 0.2) is 30.6 Å². The predicted molar refractivity (Wildman–Crippen MR) is 87.3 cm³/mol. The zero-order valence-corrected chi connectivity index (χ0v) is 13.4. The van der Waals surface area contributed by atoms with Crippen molar-refractivity contribution in [1.29, 1.82) is 0 Å². The Hall–Kier alpha value is -2.45. The first kappa shape index (κ1) is 16.4. The van der Waals surface area contributed by atoms with E-state index in [1.165, 1.54) is 18.3 Å². The number of carbonyl (C=O) groups excluding carboxylic acids is 1. The Morgan fingerprint density at radius 1 is 1.54 bits per heavy atom. The summed E-state index contributed by atoms with van der Waals surface area (Å²) in [5, 5.41) is 17.8. The van der Waals surface area contributed by atoms with Gasteiger partial charge in [0, 0.05) is 24.9 Å². The second-order valence-corrected chi connectivity index (χ2v) is 5.87. The third kappa shape index (κ3) is 3.72. The highest BCUT2D eigenvalue weighted by Gasteiger charge is 2.18. The van der Waals surface area contributed by atoms with Crippen LogP contribution >= 0.6 is 11.6 Å². The molecule has 8 nitrogen and oxygen atoms in total. The number of ether oxygens (including phenoxy) is 1. The van der Waals surface area contributed by atoms with E-state index in [-0.39, 0.29) is 22.4 Å². The molecule has 1 fully saturated rings. The number of nitrogens with zero attached hydrogens (tertiary/aromatic N) is 3. The molecule has 1 aromatic carbocycles. The van der Waals surface area contributed by atoms with Gasteiger partial charge in [0.2, 0.25) is 0 Å². The van der Waals surface area contributed by atoms with Gasteiger partial charge in [-0.25, -0.2) is 0 Å². The Morgan fingerprint density at radius 2 is 2.38 bits per heavy atom. The third-order valence-electron chi connectivity index (χ3n) is 3.71. The van der Waals surface area contributed by atoms with Gasteiger partial charge in [0.1, 0.15) is 0 Å². The van der Waals surface area contributed by atoms with Gasteiger partial charge in [-0.05, 0) is 18.9 Å². The van der Waals surface area contributed by atoms with E-state index in [1.54, 1.807) is 10.9 Å². The minimum absolute atomic E-state index is 0.0396. The van der Waals surface area contributed by atoms with Gasteiger partial charge < -0.3 is 10.1 Å². The van der Waals surface area contributed by atoms with E-state index in [2.05, 4.69) is 10.4 Å². The number of anilines is 1. The average Bonchev–Trinajstić information content (AvgIpc) is 3.20. The van der Waals surface area contributed by atoms with Crippen molar-refractivity contribution in [3.8, 4) is 0 Å². The monoisotopic (exact) mass is 350 g/mol. The summed E-state index contributed by atoms with van der Waals surface area (Å²) in [6.07, 6.45) is 5.37. The van der Waals surface area contributed by atoms with Crippen LogP contribution in [0.25, 0.3) is 0 Å². The maximum Gasteiger partial charge on any atom is 0.270 e. The van der Waals surface area contributed by atoms with Crippen molar-refractivity contribution in [2.75, 3.05) is 11.9 Å². The second-order valence-electron chi connectivity index (χ2n) is 5.46. The average molecular weight is 351 g/mol. The number of hydrogen-bond acceptors (Lipinski definition) is 5. The number of nitrogens with one attached hydrogen (secondary N) is 1. The van der Waals surface area contributed by atoms with Gasteiger partial charge in [-0.2, -0.15) is 5.10 Å². The largest absolute Gasteiger partial charge is 0.376 e. The van der Waals surface area contributed by atoms with Crippen molar-refractivity contribution in [3.05, 3.63) is 51.3 Å². The summed E-state index contributed by atoms with van der Waals surface area (Å²) in [6.45, 7) is 1.38. The molecule has 1 amide bonds. The zero-order valence-electron chi connectivity index (χ0n) is 12.6. The van der Waals surface area contributed by atoms with E-state index in [9.17, 15) is 14.9 Å². The molecule has 3 rings (SSSR count). The standard InChI is InChI=1S/C15H15ClN4O4/c16-14-4-3-11(20(22)23)6-13(14)15(21)18-10-7-17-19(8-10)9-12-2-1-5-24-12/h3-4,6-8,12H,1-2,5,9H2,(H,18,21). The van der Waals surface area contributed by atoms with E-state index in [0.29, 0.717) is 12.2 Å². The Labute approximate surface area is 142 Å². The van der Waals surface area contributed by atoms with Gasteiger partial charge in [-0.1, -0.05) is 11.6 Å². The molecule has 1 unspecified atom stereocenters. The lowest BCUT2D eigenvalue weighted by atomic mass is 10.2. The number of carbonyl (C=O) groups is 1. The lowest BCUT2D eigenvalue weighted by molar-refractivity contribution is -0.384. The second kappa shape index (κ2) is 6.98. The lowest BCUT2D eigenvalue weighted by Crippen LogP contribution is -2.15. The van der Waals surface area contributed by atoms with E-state index >= 15 is 0 Å². The molecule has 0 spiro atoms. The van der Waals surface area contributed by atoms with Crippen molar-refractivity contribution >= 4 is 28.9 Å². The number of non-ortho nitro benzene ring substituents is 1. The molecule has 0 radical (unpaired) electrons. The molecule has 2 heterocycles. The zero-order chi connectivity index (χ0) is 17.1. The normalized spacial score (nSPS) is 17.0. The highest BCUT2D eigenvalue weighted by molar-refractivity contribution is 6.34. The first-order valence-corrected chi connectivity index (χ1v) is 7.80. The maximum absolute atomic E-state index is 12.3. The third-order valence-corrected chi connectivity index (χ3v) is 4.04. The fraction of sp³-hybridized carbons (Fsp3) is 0.333. The van der Waals surface area contributed by atoms with Gasteiger partial charge >= 0.3 is 0 Å². The smallest absolute Gasteiger partial charge is 0.270 e. The van der Waals surface area contributed by atoms with Crippen LogP contribution in [0.5, 0.6) is 0 Å². The molecule has 1 aromatic heterocycles. The molecule has 126 valence electrons. The van der Waals surface area contributed by atoms with Gasteiger partial charge in [0.25, 0.3) is 11.6 Å². The summed E-state index contributed by atoms with van der Waals surface area (Å²) in [4.78, 5) is 22.5. The fourth-order valence-electron chi connectivity index (χ4n) is 2.52. The van der Waals surface area contributed by atoms with Crippen LogP contribution < -0.4 is 5.32 Å². The summed E-state index contributed by atoms with van der Waals surface area (Å²) in [5.74, 6) is -0.527. The highest BCUT2D eigenvalue weighted by Crippen LogP contribution is 2.23. The first-order chi connectivity index (χ1) is 11.5. The van der Waals surface area contributed by atoms with Crippen molar-refractivity contribution in [3.63, 3.8) is 0 Å². The molecule has 1 N–H and O–H groups in total. The molecular weight excluding hydrogens is 336 g/mol. The van der Waals surface area contributed by atoms with E-state index in [1.807, 2.05) is 0 Å². The molecule has 24 heavy (non-hydrogen) atoms. The molecule has 0 aliphatic carbocycles. The summed E-state index contributed by atoms with van der Waals surface area (Å²) in [7, 11) is 0. The molecule has 1 atom stereocenters. The van der Waals surface area contributed by atoms with Crippen LogP contribution in [0, 0.1) is 10.1 Å². The maximum atomic E-state index is 12.3. The number of nitro benzene ring substituents is 1. The minimum Gasteiger partial charge on any atom is -0.376 e. The SMILES string of the molecule is O=C(Nc1cnn(CC2CCCO2)c1)c1cc([N+](=O)[O-])ccc1Cl. The summed E-state index contributed by atoms with van der Waals surface area (Å²) >= 11 is 5.96. The van der Waals surface area contributed by atoms with Crippen molar-refractivity contribution in [2.45, 2.75) is 25.5 Å². The van der Waals surface area contributed by atoms with Crippen LogP contribution in [0.2, 0.25) is 5.02 Å². The molecule has 0 saturated carbocycles. The van der Waals surface area contributed by atoms with Gasteiger partial charge in [-0.15, -0.1) is 0 Å². The molecule has 9 heteroatoms. The lowest BCUT2D eigenvalue weighted by Gasteiger charge is -2.08. The van der Waals surface area contributed by atoms with E-state index in [0.717, 1.165) is 25.5 Å². The van der Waals surface area contributed by atoms with E-state index in [4.69, 9.17) is 16.3 Å². The summed E-state index contributed by atoms with van der Waals surface area (Å²) < 4.78 is 7.23. The fourth-order valence-corrected chi connectivity index (χ4v) is 2.73. The van der Waals surface area contributed by atoms with Gasteiger partial charge in [0.15, 0.2) is 0 Å². The minimum atomic E-state index is -0.577. The Bertz CT molecular complexity index is 771. The Balaban J connectivity index is 1.69. The number of rotatable bonds is 5. The highest BCUT2D eigenvalue weighted by atomic mass is 35.5. The first-order valence-electron chi connectivity index (χ1n) is 7.42. The molecule has 1 saturated heterocycles. The van der Waals surface area contributed by atoms with Crippen LogP contribution in [-0.2, 0) is 11.3 Å².